The van der Waals surface area contributed by atoms with Gasteiger partial charge in [-0.05, 0) is 55.4 Å². The molecule has 0 aliphatic heterocycles. The number of nitrogens with zero attached hydrogens (tertiary/aromatic N) is 2. The van der Waals surface area contributed by atoms with Crippen molar-refractivity contribution in [1.29, 1.82) is 0 Å². The van der Waals surface area contributed by atoms with Gasteiger partial charge in [-0.15, -0.1) is 0 Å². The topological polar surface area (TPSA) is 84.8 Å². The minimum atomic E-state index is -0.478. The van der Waals surface area contributed by atoms with Crippen LogP contribution in [0, 0.1) is 6.92 Å². The number of ether oxygens (including phenoxy) is 1. The highest BCUT2D eigenvalue weighted by molar-refractivity contribution is 5.91. The summed E-state index contributed by atoms with van der Waals surface area (Å²) in [6.07, 6.45) is 3.20. The maximum atomic E-state index is 12.3. The summed E-state index contributed by atoms with van der Waals surface area (Å²) in [7, 11) is 1.48. The van der Waals surface area contributed by atoms with E-state index in [9.17, 15) is 4.79 Å². The Morgan fingerprint density at radius 1 is 1.22 bits per heavy atom. The molecule has 0 saturated heterocycles. The summed E-state index contributed by atoms with van der Waals surface area (Å²) >= 11 is 0. The van der Waals surface area contributed by atoms with Crippen LogP contribution < -0.4 is 21.4 Å². The van der Waals surface area contributed by atoms with Crippen molar-refractivity contribution < 1.29 is 9.53 Å². The number of amides is 2. The van der Waals surface area contributed by atoms with Crippen molar-refractivity contribution in [3.8, 4) is 5.75 Å². The molecule has 0 unspecified atom stereocenters. The summed E-state index contributed by atoms with van der Waals surface area (Å²) in [6.45, 7) is 4.54. The number of rotatable bonds is 6. The van der Waals surface area contributed by atoms with E-state index in [4.69, 9.17) is 16.4 Å². The van der Waals surface area contributed by atoms with Crippen molar-refractivity contribution >= 4 is 11.7 Å². The van der Waals surface area contributed by atoms with E-state index in [1.165, 1.54) is 23.7 Å². The molecule has 144 valence electrons. The lowest BCUT2D eigenvalue weighted by Gasteiger charge is -2.25. The maximum absolute atomic E-state index is 12.3. The average molecular weight is 368 g/mol. The number of anilines is 1. The molecule has 2 aromatic carbocycles. The van der Waals surface area contributed by atoms with Crippen molar-refractivity contribution in [2.45, 2.75) is 45.6 Å². The molecule has 0 aromatic heterocycles. The first-order valence-electron chi connectivity index (χ1n) is 9.33. The van der Waals surface area contributed by atoms with Gasteiger partial charge in [-0.1, -0.05) is 36.8 Å². The van der Waals surface area contributed by atoms with Crippen LogP contribution in [0.25, 0.3) is 0 Å². The molecular weight excluding hydrogens is 340 g/mol. The fraction of sp³-hybridized carbons (Fsp3) is 0.381. The smallest absolute Gasteiger partial charge is 0.352 e. The number of hydrogen-bond donors (Lipinski definition) is 2. The maximum Gasteiger partial charge on any atom is 0.352 e. The van der Waals surface area contributed by atoms with E-state index in [1.54, 1.807) is 0 Å². The van der Waals surface area contributed by atoms with E-state index in [1.807, 2.05) is 24.3 Å². The van der Waals surface area contributed by atoms with E-state index in [2.05, 4.69) is 26.0 Å². The van der Waals surface area contributed by atoms with Crippen LogP contribution in [0.2, 0.25) is 0 Å². The van der Waals surface area contributed by atoms with Crippen molar-refractivity contribution in [3.05, 3.63) is 58.7 Å². The second-order valence-corrected chi connectivity index (χ2v) is 7.14. The fourth-order valence-electron chi connectivity index (χ4n) is 3.30. The van der Waals surface area contributed by atoms with Gasteiger partial charge in [0, 0.05) is 12.6 Å². The third kappa shape index (κ3) is 4.23. The first-order chi connectivity index (χ1) is 12.9. The Hall–Kier alpha value is -2.57. The van der Waals surface area contributed by atoms with Gasteiger partial charge in [-0.2, -0.15) is 0 Å². The van der Waals surface area contributed by atoms with Gasteiger partial charge in [-0.3, -0.25) is 5.01 Å². The van der Waals surface area contributed by atoms with Gasteiger partial charge >= 0.3 is 6.03 Å². The molecule has 6 heteroatoms. The molecule has 0 heterocycles. The molecule has 2 aromatic rings. The lowest BCUT2D eigenvalue weighted by atomic mass is 10.0. The summed E-state index contributed by atoms with van der Waals surface area (Å²) in [5.74, 6) is 13.0. The molecule has 0 spiro atoms. The normalized spacial score (nSPS) is 13.4. The second kappa shape index (κ2) is 7.98. The monoisotopic (exact) mass is 368 g/mol. The molecule has 1 saturated carbocycles. The Kier molecular flexibility index (Phi) is 5.68. The summed E-state index contributed by atoms with van der Waals surface area (Å²) < 4.78 is 6.18. The van der Waals surface area contributed by atoms with Gasteiger partial charge in [0.25, 0.3) is 0 Å². The van der Waals surface area contributed by atoms with E-state index in [0.29, 0.717) is 18.2 Å². The molecule has 0 atom stereocenters. The molecule has 6 nitrogen and oxygen atoms in total. The number of hydrogen-bond acceptors (Lipinski definition) is 4. The van der Waals surface area contributed by atoms with Crippen LogP contribution in [0.4, 0.5) is 10.5 Å². The highest BCUT2D eigenvalue weighted by Crippen LogP contribution is 2.44. The Bertz CT molecular complexity index is 831. The molecule has 27 heavy (non-hydrogen) atoms. The predicted molar refractivity (Wildman–Crippen MR) is 107 cm³/mol. The Labute approximate surface area is 160 Å². The number of benzene rings is 2. The zero-order valence-corrected chi connectivity index (χ0v) is 16.2. The molecule has 0 radical (unpaired) electrons. The summed E-state index contributed by atoms with van der Waals surface area (Å²) in [6, 6.07) is 11.6. The van der Waals surface area contributed by atoms with Crippen LogP contribution in [-0.2, 0) is 13.0 Å². The number of urea groups is 1. The molecule has 1 aliphatic rings. The van der Waals surface area contributed by atoms with Gasteiger partial charge in [0.05, 0.1) is 5.69 Å². The number of carbonyl (C=O) groups is 1. The highest BCUT2D eigenvalue weighted by atomic mass is 16.5. The van der Waals surface area contributed by atoms with Gasteiger partial charge in [0.2, 0.25) is 0 Å². The zero-order valence-electron chi connectivity index (χ0n) is 16.2. The second-order valence-electron chi connectivity index (χ2n) is 7.14. The van der Waals surface area contributed by atoms with Gasteiger partial charge in [0.1, 0.15) is 12.4 Å². The number of carbonyl (C=O) groups excluding carboxylic acids is 1. The molecule has 2 amide bonds. The third-order valence-electron chi connectivity index (χ3n) is 4.94. The van der Waals surface area contributed by atoms with Crippen LogP contribution >= 0.6 is 0 Å². The van der Waals surface area contributed by atoms with Gasteiger partial charge in [-0.25, -0.2) is 21.5 Å². The van der Waals surface area contributed by atoms with Crippen LogP contribution in [0.15, 0.2) is 36.4 Å². The molecule has 4 N–H and O–H groups in total. The lowest BCUT2D eigenvalue weighted by Crippen LogP contribution is -2.49. The first kappa shape index (κ1) is 19.2. The minimum Gasteiger partial charge on any atom is -0.489 e. The third-order valence-corrected chi connectivity index (χ3v) is 4.94. The average Bonchev–Trinajstić information content (AvgIpc) is 3.50. The lowest BCUT2D eigenvalue weighted by molar-refractivity contribution is 0.216. The largest absolute Gasteiger partial charge is 0.489 e. The zero-order chi connectivity index (χ0) is 19.6. The van der Waals surface area contributed by atoms with E-state index >= 15 is 0 Å². The van der Waals surface area contributed by atoms with E-state index in [0.717, 1.165) is 40.6 Å². The van der Waals surface area contributed by atoms with E-state index in [-0.39, 0.29) is 0 Å². The summed E-state index contributed by atoms with van der Waals surface area (Å²) in [5.41, 5.74) is 5.15. The molecule has 0 bridgehead atoms. The molecule has 3 rings (SSSR count). The Balaban J connectivity index is 1.92. The van der Waals surface area contributed by atoms with Crippen LogP contribution in [-0.4, -0.2) is 18.1 Å². The number of nitrogens with two attached hydrogens (primary N) is 2. The van der Waals surface area contributed by atoms with Gasteiger partial charge < -0.3 is 4.74 Å². The fourth-order valence-corrected chi connectivity index (χ4v) is 3.30. The Morgan fingerprint density at radius 3 is 2.59 bits per heavy atom. The minimum absolute atomic E-state index is 0.354. The standard InChI is InChI=1S/C21H28N4O2/c1-4-15-12-14(2)8-11-20(15)27-13-18-17(16-9-10-16)6-5-7-19(18)25(23)21(26)24(3)22/h5-8,11-12,16H,4,9-10,13,22-23H2,1-3H3. The van der Waals surface area contributed by atoms with Crippen molar-refractivity contribution in [2.75, 3.05) is 12.1 Å². The van der Waals surface area contributed by atoms with Crippen molar-refractivity contribution in [1.82, 2.24) is 5.01 Å². The molecular formula is C21H28N4O2. The van der Waals surface area contributed by atoms with Gasteiger partial charge in [0.15, 0.2) is 0 Å². The summed E-state index contributed by atoms with van der Waals surface area (Å²) in [4.78, 5) is 12.3. The van der Waals surface area contributed by atoms with Crippen LogP contribution in [0.3, 0.4) is 0 Å². The molecule has 1 fully saturated rings. The molecule has 1 aliphatic carbocycles. The SMILES string of the molecule is CCc1cc(C)ccc1OCc1c(C2CC2)cccc1N(N)C(=O)N(C)N. The number of hydrazine groups is 2. The first-order valence-corrected chi connectivity index (χ1v) is 9.33. The van der Waals surface area contributed by atoms with Crippen molar-refractivity contribution in [2.24, 2.45) is 11.7 Å². The quantitative estimate of drug-likeness (QED) is 0.463. The van der Waals surface area contributed by atoms with Crippen molar-refractivity contribution in [3.63, 3.8) is 0 Å². The van der Waals surface area contributed by atoms with Crippen LogP contribution in [0.1, 0.15) is 47.9 Å². The summed E-state index contributed by atoms with van der Waals surface area (Å²) in [5, 5.41) is 2.07. The Morgan fingerprint density at radius 2 is 1.96 bits per heavy atom. The van der Waals surface area contributed by atoms with Crippen LogP contribution in [0.5, 0.6) is 5.75 Å². The highest BCUT2D eigenvalue weighted by Gasteiger charge is 2.29. The number of aryl methyl sites for hydroxylation is 2. The van der Waals surface area contributed by atoms with E-state index < -0.39 is 6.03 Å². The predicted octanol–water partition coefficient (Wildman–Crippen LogP) is 3.62.